The minimum atomic E-state index is -3.68. The fraction of sp³-hybridized carbons (Fsp3) is 0.462. The second-order valence-electron chi connectivity index (χ2n) is 5.05. The molecule has 6 heteroatoms. The Labute approximate surface area is 113 Å². The van der Waals surface area contributed by atoms with Crippen LogP contribution >= 0.6 is 0 Å². The van der Waals surface area contributed by atoms with Crippen molar-refractivity contribution in [2.45, 2.75) is 24.3 Å². The largest absolute Gasteiger partial charge is 0.378 e. The monoisotopic (exact) mass is 280 g/mol. The van der Waals surface area contributed by atoms with Crippen molar-refractivity contribution >= 4 is 10.0 Å². The first-order valence-electron chi connectivity index (χ1n) is 5.99. The topological polar surface area (TPSA) is 70.4 Å². The molecule has 0 saturated carbocycles. The molecule has 102 valence electrons. The smallest absolute Gasteiger partial charge is 0.245 e. The van der Waals surface area contributed by atoms with Crippen molar-refractivity contribution in [1.29, 1.82) is 5.26 Å². The van der Waals surface area contributed by atoms with Gasteiger partial charge >= 0.3 is 0 Å². The van der Waals surface area contributed by atoms with E-state index in [1.807, 2.05) is 19.9 Å². The zero-order valence-corrected chi connectivity index (χ0v) is 11.8. The maximum absolute atomic E-state index is 12.7. The van der Waals surface area contributed by atoms with Gasteiger partial charge in [0, 0.05) is 6.54 Å². The van der Waals surface area contributed by atoms with Crippen molar-refractivity contribution < 1.29 is 13.2 Å². The average molecular weight is 280 g/mol. The number of hydrogen-bond donors (Lipinski definition) is 0. The van der Waals surface area contributed by atoms with E-state index < -0.39 is 15.6 Å². The summed E-state index contributed by atoms with van der Waals surface area (Å²) in [5.41, 5.74) is -0.440. The SMILES string of the molecule is CC1(C)COCCN1S(=O)(=O)c1ccccc1C#N. The Morgan fingerprint density at radius 1 is 1.37 bits per heavy atom. The number of morpholine rings is 1. The van der Waals surface area contributed by atoms with Crippen LogP contribution in [0.15, 0.2) is 29.2 Å². The number of hydrogen-bond acceptors (Lipinski definition) is 4. The molecule has 2 rings (SSSR count). The highest BCUT2D eigenvalue weighted by Crippen LogP contribution is 2.28. The molecule has 1 aliphatic rings. The second-order valence-corrected chi connectivity index (χ2v) is 6.88. The van der Waals surface area contributed by atoms with Gasteiger partial charge in [-0.15, -0.1) is 0 Å². The maximum atomic E-state index is 12.7. The summed E-state index contributed by atoms with van der Waals surface area (Å²) in [5.74, 6) is 0. The van der Waals surface area contributed by atoms with Crippen LogP contribution < -0.4 is 0 Å². The van der Waals surface area contributed by atoms with E-state index in [2.05, 4.69) is 0 Å². The Morgan fingerprint density at radius 2 is 2.05 bits per heavy atom. The molecule has 1 aliphatic heterocycles. The van der Waals surface area contributed by atoms with Crippen molar-refractivity contribution in [2.75, 3.05) is 19.8 Å². The van der Waals surface area contributed by atoms with Crippen LogP contribution in [0.2, 0.25) is 0 Å². The predicted octanol–water partition coefficient (Wildman–Crippen LogP) is 1.36. The lowest BCUT2D eigenvalue weighted by Crippen LogP contribution is -2.55. The van der Waals surface area contributed by atoms with E-state index >= 15 is 0 Å². The zero-order valence-electron chi connectivity index (χ0n) is 11.0. The summed E-state index contributed by atoms with van der Waals surface area (Å²) in [7, 11) is -3.68. The molecular weight excluding hydrogens is 264 g/mol. The summed E-state index contributed by atoms with van der Waals surface area (Å²) in [6.45, 7) is 4.66. The van der Waals surface area contributed by atoms with Crippen LogP contribution in [0.1, 0.15) is 19.4 Å². The summed E-state index contributed by atoms with van der Waals surface area (Å²) in [6, 6.07) is 8.20. The van der Waals surface area contributed by atoms with Gasteiger partial charge in [-0.1, -0.05) is 12.1 Å². The molecule has 0 atom stereocenters. The van der Waals surface area contributed by atoms with Gasteiger partial charge in [-0.2, -0.15) is 9.57 Å². The summed E-state index contributed by atoms with van der Waals surface area (Å²) in [4.78, 5) is 0.0625. The third kappa shape index (κ3) is 2.50. The van der Waals surface area contributed by atoms with Gasteiger partial charge in [-0.3, -0.25) is 0 Å². The molecular formula is C13H16N2O3S. The average Bonchev–Trinajstić information content (AvgIpc) is 2.37. The third-order valence-electron chi connectivity index (χ3n) is 3.14. The lowest BCUT2D eigenvalue weighted by molar-refractivity contribution is -0.00771. The van der Waals surface area contributed by atoms with Gasteiger partial charge < -0.3 is 4.74 Å². The van der Waals surface area contributed by atoms with Crippen molar-refractivity contribution in [3.05, 3.63) is 29.8 Å². The predicted molar refractivity (Wildman–Crippen MR) is 69.9 cm³/mol. The van der Waals surface area contributed by atoms with Crippen LogP contribution in [-0.2, 0) is 14.8 Å². The number of nitrogens with zero attached hydrogens (tertiary/aromatic N) is 2. The summed E-state index contributed by atoms with van der Waals surface area (Å²) >= 11 is 0. The molecule has 1 saturated heterocycles. The van der Waals surface area contributed by atoms with E-state index in [0.29, 0.717) is 19.8 Å². The highest BCUT2D eigenvalue weighted by Gasteiger charge is 2.40. The van der Waals surface area contributed by atoms with E-state index in [1.54, 1.807) is 12.1 Å². The highest BCUT2D eigenvalue weighted by molar-refractivity contribution is 7.89. The van der Waals surface area contributed by atoms with Crippen molar-refractivity contribution in [1.82, 2.24) is 4.31 Å². The Bertz CT molecular complexity index is 617. The third-order valence-corrected chi connectivity index (χ3v) is 5.31. The van der Waals surface area contributed by atoms with Gasteiger partial charge in [0.25, 0.3) is 0 Å². The van der Waals surface area contributed by atoms with Crippen molar-refractivity contribution in [2.24, 2.45) is 0 Å². The Hall–Kier alpha value is -1.42. The molecule has 0 spiro atoms. The van der Waals surface area contributed by atoms with E-state index in [9.17, 15) is 8.42 Å². The standard InChI is InChI=1S/C13H16N2O3S/c1-13(2)10-18-8-7-15(13)19(16,17)12-6-4-3-5-11(12)9-14/h3-6H,7-8,10H2,1-2H3. The normalized spacial score (nSPS) is 19.8. The minimum absolute atomic E-state index is 0.0625. The molecule has 0 aliphatic carbocycles. The highest BCUT2D eigenvalue weighted by atomic mass is 32.2. The minimum Gasteiger partial charge on any atom is -0.378 e. The molecule has 19 heavy (non-hydrogen) atoms. The molecule has 0 aromatic heterocycles. The van der Waals surface area contributed by atoms with Gasteiger partial charge in [-0.25, -0.2) is 8.42 Å². The number of nitriles is 1. The Kier molecular flexibility index (Phi) is 3.63. The first-order valence-corrected chi connectivity index (χ1v) is 7.43. The first kappa shape index (κ1) is 14.0. The fourth-order valence-electron chi connectivity index (χ4n) is 2.19. The molecule has 0 bridgehead atoms. The van der Waals surface area contributed by atoms with Crippen LogP contribution in [0, 0.1) is 11.3 Å². The van der Waals surface area contributed by atoms with Gasteiger partial charge in [-0.05, 0) is 26.0 Å². The van der Waals surface area contributed by atoms with E-state index in [-0.39, 0.29) is 10.5 Å². The lowest BCUT2D eigenvalue weighted by Gasteiger charge is -2.40. The number of rotatable bonds is 2. The summed E-state index contributed by atoms with van der Waals surface area (Å²) < 4.78 is 32.2. The first-order chi connectivity index (χ1) is 8.89. The molecule has 0 amide bonds. The quantitative estimate of drug-likeness (QED) is 0.820. The van der Waals surface area contributed by atoms with Crippen molar-refractivity contribution in [3.63, 3.8) is 0 Å². The van der Waals surface area contributed by atoms with Gasteiger partial charge in [0.05, 0.1) is 29.2 Å². The summed E-state index contributed by atoms with van der Waals surface area (Å²) in [6.07, 6.45) is 0. The maximum Gasteiger partial charge on any atom is 0.245 e. The van der Waals surface area contributed by atoms with E-state index in [4.69, 9.17) is 10.00 Å². The van der Waals surface area contributed by atoms with Gasteiger partial charge in [0.2, 0.25) is 10.0 Å². The van der Waals surface area contributed by atoms with Gasteiger partial charge in [0.15, 0.2) is 0 Å². The summed E-state index contributed by atoms with van der Waals surface area (Å²) in [5, 5.41) is 9.05. The molecule has 1 fully saturated rings. The molecule has 1 aromatic carbocycles. The molecule has 1 heterocycles. The van der Waals surface area contributed by atoms with E-state index in [1.165, 1.54) is 16.4 Å². The van der Waals surface area contributed by atoms with Crippen LogP contribution in [-0.4, -0.2) is 38.0 Å². The number of sulfonamides is 1. The molecule has 5 nitrogen and oxygen atoms in total. The fourth-order valence-corrected chi connectivity index (χ4v) is 4.09. The Balaban J connectivity index is 2.51. The second kappa shape index (κ2) is 4.93. The molecule has 1 aromatic rings. The van der Waals surface area contributed by atoms with Gasteiger partial charge in [0.1, 0.15) is 6.07 Å². The number of benzene rings is 1. The van der Waals surface area contributed by atoms with Crippen LogP contribution in [0.4, 0.5) is 0 Å². The zero-order chi connectivity index (χ0) is 14.1. The van der Waals surface area contributed by atoms with Crippen LogP contribution in [0.5, 0.6) is 0 Å². The molecule has 0 radical (unpaired) electrons. The number of ether oxygens (including phenoxy) is 1. The van der Waals surface area contributed by atoms with E-state index in [0.717, 1.165) is 0 Å². The van der Waals surface area contributed by atoms with Crippen LogP contribution in [0.25, 0.3) is 0 Å². The lowest BCUT2D eigenvalue weighted by atomic mass is 10.1. The Morgan fingerprint density at radius 3 is 2.68 bits per heavy atom. The van der Waals surface area contributed by atoms with Crippen molar-refractivity contribution in [3.8, 4) is 6.07 Å². The molecule has 0 N–H and O–H groups in total. The molecule has 0 unspecified atom stereocenters. The van der Waals surface area contributed by atoms with Crippen LogP contribution in [0.3, 0.4) is 0 Å².